The highest BCUT2D eigenvalue weighted by Gasteiger charge is 2.30. The average Bonchev–Trinajstić information content (AvgIpc) is 3.17. The van der Waals surface area contributed by atoms with Crippen LogP contribution in [0.5, 0.6) is 0 Å². The number of carbonyl (C=O) groups excluding carboxylic acids is 1. The second kappa shape index (κ2) is 8.43. The largest absolute Gasteiger partial charge is 0.467 e. The van der Waals surface area contributed by atoms with Crippen molar-refractivity contribution in [3.8, 4) is 0 Å². The molecule has 2 heterocycles. The van der Waals surface area contributed by atoms with E-state index in [9.17, 15) is 13.2 Å². The van der Waals surface area contributed by atoms with Crippen LogP contribution in [0.15, 0.2) is 52.0 Å². The smallest absolute Gasteiger partial charge is 0.244 e. The summed E-state index contributed by atoms with van der Waals surface area (Å²) >= 11 is 6.04. The van der Waals surface area contributed by atoms with E-state index in [-0.39, 0.29) is 28.4 Å². The van der Waals surface area contributed by atoms with Crippen molar-refractivity contribution in [1.82, 2.24) is 14.5 Å². The maximum absolute atomic E-state index is 12.7. The van der Waals surface area contributed by atoms with Crippen LogP contribution in [-0.4, -0.2) is 56.3 Å². The van der Waals surface area contributed by atoms with Crippen molar-refractivity contribution in [2.24, 2.45) is 0 Å². The first-order chi connectivity index (χ1) is 12.9. The van der Waals surface area contributed by atoms with Gasteiger partial charge in [-0.05, 0) is 31.2 Å². The molecule has 1 amide bonds. The molecule has 3 rings (SSSR count). The third kappa shape index (κ3) is 4.70. The molecule has 0 saturated carbocycles. The number of amides is 1. The van der Waals surface area contributed by atoms with Crippen LogP contribution in [0.25, 0.3) is 0 Å². The highest BCUT2D eigenvalue weighted by Crippen LogP contribution is 2.25. The predicted molar refractivity (Wildman–Crippen MR) is 102 cm³/mol. The lowest BCUT2D eigenvalue weighted by molar-refractivity contribution is -0.123. The molecular weight excluding hydrogens is 390 g/mol. The summed E-state index contributed by atoms with van der Waals surface area (Å²) in [4.78, 5) is 14.3. The van der Waals surface area contributed by atoms with Gasteiger partial charge in [-0.3, -0.25) is 9.69 Å². The SMILES string of the molecule is C[C@@H](NC(=O)CN1CCN(S(=O)(=O)c2ccccc2Cl)CC1)c1ccco1. The van der Waals surface area contributed by atoms with E-state index < -0.39 is 10.0 Å². The van der Waals surface area contributed by atoms with Crippen molar-refractivity contribution >= 4 is 27.5 Å². The molecule has 0 bridgehead atoms. The van der Waals surface area contributed by atoms with E-state index in [1.165, 1.54) is 10.4 Å². The van der Waals surface area contributed by atoms with E-state index in [4.69, 9.17) is 16.0 Å². The van der Waals surface area contributed by atoms with Gasteiger partial charge in [0.2, 0.25) is 15.9 Å². The fraction of sp³-hybridized carbons (Fsp3) is 0.389. The number of hydrogen-bond donors (Lipinski definition) is 1. The molecule has 1 N–H and O–H groups in total. The number of furan rings is 1. The Morgan fingerprint density at radius 2 is 1.89 bits per heavy atom. The van der Waals surface area contributed by atoms with Crippen molar-refractivity contribution in [2.75, 3.05) is 32.7 Å². The summed E-state index contributed by atoms with van der Waals surface area (Å²) in [5.74, 6) is 0.570. The van der Waals surface area contributed by atoms with Crippen LogP contribution in [0, 0.1) is 0 Å². The Hall–Kier alpha value is -1.87. The highest BCUT2D eigenvalue weighted by molar-refractivity contribution is 7.89. The molecule has 27 heavy (non-hydrogen) atoms. The van der Waals surface area contributed by atoms with Gasteiger partial charge in [0.05, 0.1) is 23.9 Å². The molecule has 1 saturated heterocycles. The molecule has 1 fully saturated rings. The summed E-state index contributed by atoms with van der Waals surface area (Å²) in [6.45, 7) is 3.65. The number of piperazine rings is 1. The van der Waals surface area contributed by atoms with Gasteiger partial charge in [-0.25, -0.2) is 8.42 Å². The van der Waals surface area contributed by atoms with E-state index in [1.54, 1.807) is 30.5 Å². The standard InChI is InChI=1S/C18H22ClN3O4S/c1-14(16-6-4-12-26-16)20-18(23)13-21-8-10-22(11-9-21)27(24,25)17-7-3-2-5-15(17)19/h2-7,12,14H,8-11,13H2,1H3,(H,20,23)/t14-/m1/s1. The summed E-state index contributed by atoms with van der Waals surface area (Å²) < 4.78 is 32.2. The maximum atomic E-state index is 12.7. The average molecular weight is 412 g/mol. The Balaban J connectivity index is 1.53. The van der Waals surface area contributed by atoms with Gasteiger partial charge in [0.15, 0.2) is 0 Å². The Morgan fingerprint density at radius 3 is 2.52 bits per heavy atom. The van der Waals surface area contributed by atoms with E-state index in [0.29, 0.717) is 31.9 Å². The summed E-state index contributed by atoms with van der Waals surface area (Å²) in [7, 11) is -3.63. The quantitative estimate of drug-likeness (QED) is 0.787. The zero-order chi connectivity index (χ0) is 19.4. The molecule has 1 aliphatic rings. The van der Waals surface area contributed by atoms with Gasteiger partial charge in [0, 0.05) is 26.2 Å². The summed E-state index contributed by atoms with van der Waals surface area (Å²) in [6.07, 6.45) is 1.57. The summed E-state index contributed by atoms with van der Waals surface area (Å²) in [5.41, 5.74) is 0. The fourth-order valence-electron chi connectivity index (χ4n) is 3.02. The number of sulfonamides is 1. The molecule has 0 unspecified atom stereocenters. The lowest BCUT2D eigenvalue weighted by Crippen LogP contribution is -2.51. The number of hydrogen-bond acceptors (Lipinski definition) is 5. The van der Waals surface area contributed by atoms with E-state index in [2.05, 4.69) is 5.32 Å². The second-order valence-corrected chi connectivity index (χ2v) is 8.73. The van der Waals surface area contributed by atoms with Crippen molar-refractivity contribution in [1.29, 1.82) is 0 Å². The van der Waals surface area contributed by atoms with Gasteiger partial charge >= 0.3 is 0 Å². The molecule has 1 aliphatic heterocycles. The lowest BCUT2D eigenvalue weighted by atomic mass is 10.2. The van der Waals surface area contributed by atoms with Gasteiger partial charge in [0.25, 0.3) is 0 Å². The number of rotatable bonds is 6. The van der Waals surface area contributed by atoms with Crippen molar-refractivity contribution < 1.29 is 17.6 Å². The van der Waals surface area contributed by atoms with Crippen molar-refractivity contribution in [3.05, 3.63) is 53.4 Å². The second-order valence-electron chi connectivity index (χ2n) is 6.42. The number of nitrogens with zero attached hydrogens (tertiary/aromatic N) is 2. The minimum absolute atomic E-state index is 0.116. The Bertz CT molecular complexity index is 878. The lowest BCUT2D eigenvalue weighted by Gasteiger charge is -2.33. The molecule has 1 atom stereocenters. The first-order valence-corrected chi connectivity index (χ1v) is 10.5. The predicted octanol–water partition coefficient (Wildman–Crippen LogP) is 2.12. The van der Waals surface area contributed by atoms with Crippen LogP contribution in [0.4, 0.5) is 0 Å². The molecule has 0 spiro atoms. The van der Waals surface area contributed by atoms with Crippen LogP contribution in [0.1, 0.15) is 18.7 Å². The first-order valence-electron chi connectivity index (χ1n) is 8.68. The molecule has 9 heteroatoms. The third-order valence-corrected chi connectivity index (χ3v) is 6.90. The van der Waals surface area contributed by atoms with Gasteiger partial charge in [-0.15, -0.1) is 0 Å². The number of nitrogens with one attached hydrogen (secondary N) is 1. The minimum Gasteiger partial charge on any atom is -0.467 e. The topological polar surface area (TPSA) is 82.9 Å². The number of halogens is 1. The zero-order valence-electron chi connectivity index (χ0n) is 15.0. The zero-order valence-corrected chi connectivity index (χ0v) is 16.5. The van der Waals surface area contributed by atoms with E-state index >= 15 is 0 Å². The molecular formula is C18H22ClN3O4S. The normalized spacial score (nSPS) is 17.6. The summed E-state index contributed by atoms with van der Waals surface area (Å²) in [5, 5.41) is 3.09. The molecule has 146 valence electrons. The van der Waals surface area contributed by atoms with Crippen LogP contribution in [-0.2, 0) is 14.8 Å². The summed E-state index contributed by atoms with van der Waals surface area (Å²) in [6, 6.07) is 9.79. The van der Waals surface area contributed by atoms with Gasteiger partial charge < -0.3 is 9.73 Å². The van der Waals surface area contributed by atoms with Crippen LogP contribution in [0.2, 0.25) is 5.02 Å². The first kappa shape index (κ1) is 19.9. The Kier molecular flexibility index (Phi) is 6.21. The monoisotopic (exact) mass is 411 g/mol. The van der Waals surface area contributed by atoms with Gasteiger partial charge in [-0.2, -0.15) is 4.31 Å². The number of carbonyl (C=O) groups is 1. The van der Waals surface area contributed by atoms with Crippen molar-refractivity contribution in [3.63, 3.8) is 0 Å². The fourth-order valence-corrected chi connectivity index (χ4v) is 4.94. The molecule has 7 nitrogen and oxygen atoms in total. The maximum Gasteiger partial charge on any atom is 0.244 e. The van der Waals surface area contributed by atoms with Crippen LogP contribution in [0.3, 0.4) is 0 Å². The third-order valence-electron chi connectivity index (χ3n) is 4.50. The van der Waals surface area contributed by atoms with Gasteiger partial charge in [0.1, 0.15) is 10.7 Å². The molecule has 0 aliphatic carbocycles. The van der Waals surface area contributed by atoms with Crippen LogP contribution < -0.4 is 5.32 Å². The molecule has 1 aromatic carbocycles. The van der Waals surface area contributed by atoms with Gasteiger partial charge in [-0.1, -0.05) is 23.7 Å². The van der Waals surface area contributed by atoms with E-state index in [0.717, 1.165) is 0 Å². The molecule has 0 radical (unpaired) electrons. The Labute approximate surface area is 163 Å². The minimum atomic E-state index is -3.63. The Morgan fingerprint density at radius 1 is 1.19 bits per heavy atom. The van der Waals surface area contributed by atoms with E-state index in [1.807, 2.05) is 17.9 Å². The van der Waals surface area contributed by atoms with Crippen molar-refractivity contribution in [2.45, 2.75) is 17.9 Å². The molecule has 2 aromatic rings. The highest BCUT2D eigenvalue weighted by atomic mass is 35.5. The van der Waals surface area contributed by atoms with Crippen LogP contribution >= 0.6 is 11.6 Å². The molecule has 1 aromatic heterocycles. The number of benzene rings is 1.